The molecule has 0 aliphatic rings. The molecule has 0 spiro atoms. The Hall–Kier alpha value is -0.580. The maximum atomic E-state index is 12.0. The van der Waals surface area contributed by atoms with Crippen LogP contribution in [0.4, 0.5) is 0 Å². The molecule has 18 heavy (non-hydrogen) atoms. The van der Waals surface area contributed by atoms with Crippen LogP contribution in [0.15, 0.2) is 22.7 Å². The van der Waals surface area contributed by atoms with E-state index in [1.165, 1.54) is 0 Å². The third kappa shape index (κ3) is 3.97. The monoisotopic (exact) mass is 333 g/mol. The van der Waals surface area contributed by atoms with E-state index in [0.29, 0.717) is 15.1 Å². The van der Waals surface area contributed by atoms with Crippen LogP contribution in [-0.2, 0) is 0 Å². The number of carbonyl (C=O) groups is 1. The molecule has 3 nitrogen and oxygen atoms in total. The quantitative estimate of drug-likeness (QED) is 0.888. The van der Waals surface area contributed by atoms with Crippen LogP contribution >= 0.6 is 27.5 Å². The molecule has 1 rings (SSSR count). The van der Waals surface area contributed by atoms with Gasteiger partial charge >= 0.3 is 0 Å². The van der Waals surface area contributed by atoms with Crippen molar-refractivity contribution in [2.24, 2.45) is 5.92 Å². The smallest absolute Gasteiger partial charge is 0.252 e. The average Bonchev–Trinajstić information content (AvgIpc) is 2.25. The van der Waals surface area contributed by atoms with Crippen LogP contribution in [0.2, 0.25) is 5.02 Å². The summed E-state index contributed by atoms with van der Waals surface area (Å²) in [6.07, 6.45) is 0. The zero-order valence-electron chi connectivity index (χ0n) is 10.6. The van der Waals surface area contributed by atoms with E-state index in [2.05, 4.69) is 21.2 Å². The maximum Gasteiger partial charge on any atom is 0.252 e. The summed E-state index contributed by atoms with van der Waals surface area (Å²) >= 11 is 9.10. The Balaban J connectivity index is 2.72. The van der Waals surface area contributed by atoms with E-state index >= 15 is 0 Å². The van der Waals surface area contributed by atoms with Crippen LogP contribution in [0.25, 0.3) is 0 Å². The zero-order valence-corrected chi connectivity index (χ0v) is 13.0. The molecular formula is C13H17BrClNO2. The molecule has 0 fully saturated rings. The maximum absolute atomic E-state index is 12.0. The molecule has 0 aliphatic carbocycles. The van der Waals surface area contributed by atoms with Gasteiger partial charge in [0.1, 0.15) is 0 Å². The van der Waals surface area contributed by atoms with Gasteiger partial charge in [-0.15, -0.1) is 0 Å². The van der Waals surface area contributed by atoms with Gasteiger partial charge in [0.15, 0.2) is 0 Å². The molecule has 1 unspecified atom stereocenters. The van der Waals surface area contributed by atoms with Crippen LogP contribution < -0.4 is 5.32 Å². The first-order valence-corrected chi connectivity index (χ1v) is 6.87. The lowest BCUT2D eigenvalue weighted by Gasteiger charge is -2.27. The van der Waals surface area contributed by atoms with Crippen LogP contribution in [0.1, 0.15) is 31.1 Å². The highest BCUT2D eigenvalue weighted by molar-refractivity contribution is 9.10. The summed E-state index contributed by atoms with van der Waals surface area (Å²) in [5, 5.41) is 13.3. The number of carbonyl (C=O) groups excluding carboxylic acids is 1. The second-order valence-corrected chi connectivity index (χ2v) is 6.11. The highest BCUT2D eigenvalue weighted by Crippen LogP contribution is 2.22. The predicted molar refractivity (Wildman–Crippen MR) is 76.9 cm³/mol. The van der Waals surface area contributed by atoms with Gasteiger partial charge in [0.05, 0.1) is 11.2 Å². The van der Waals surface area contributed by atoms with Crippen molar-refractivity contribution in [3.05, 3.63) is 33.3 Å². The van der Waals surface area contributed by atoms with E-state index < -0.39 is 5.60 Å². The fourth-order valence-electron chi connectivity index (χ4n) is 1.23. The first-order valence-electron chi connectivity index (χ1n) is 5.69. The molecule has 100 valence electrons. The van der Waals surface area contributed by atoms with Gasteiger partial charge < -0.3 is 10.4 Å². The van der Waals surface area contributed by atoms with Crippen molar-refractivity contribution in [1.29, 1.82) is 0 Å². The van der Waals surface area contributed by atoms with Gasteiger partial charge in [-0.2, -0.15) is 0 Å². The van der Waals surface area contributed by atoms with Gasteiger partial charge in [0, 0.05) is 16.0 Å². The van der Waals surface area contributed by atoms with Gasteiger partial charge in [-0.25, -0.2) is 0 Å². The summed E-state index contributed by atoms with van der Waals surface area (Å²) in [6, 6.07) is 4.96. The molecule has 0 saturated heterocycles. The third-order valence-corrected chi connectivity index (χ3v) is 3.92. The molecule has 1 atom stereocenters. The number of hydrogen-bond acceptors (Lipinski definition) is 2. The van der Waals surface area contributed by atoms with Crippen LogP contribution in [0.5, 0.6) is 0 Å². The molecule has 0 saturated carbocycles. The molecule has 1 aromatic rings. The molecule has 2 N–H and O–H groups in total. The first kappa shape index (κ1) is 15.5. The van der Waals surface area contributed by atoms with Gasteiger partial charge in [-0.05, 0) is 47.0 Å². The summed E-state index contributed by atoms with van der Waals surface area (Å²) in [5.41, 5.74) is -0.423. The van der Waals surface area contributed by atoms with E-state index in [9.17, 15) is 9.90 Å². The van der Waals surface area contributed by atoms with Crippen LogP contribution in [0.3, 0.4) is 0 Å². The lowest BCUT2D eigenvalue weighted by atomic mass is 9.92. The number of rotatable bonds is 4. The van der Waals surface area contributed by atoms with Crippen molar-refractivity contribution in [2.75, 3.05) is 6.54 Å². The Morgan fingerprint density at radius 1 is 1.56 bits per heavy atom. The minimum Gasteiger partial charge on any atom is -0.388 e. The molecule has 1 amide bonds. The minimum atomic E-state index is -0.922. The standard InChI is InChI=1S/C13H17BrClNO2/c1-8(2)13(3,18)7-16-12(17)10-5-4-9(15)6-11(10)14/h4-6,8,18H,7H2,1-3H3,(H,16,17). The Morgan fingerprint density at radius 2 is 2.17 bits per heavy atom. The molecule has 0 aliphatic heterocycles. The van der Waals surface area contributed by atoms with E-state index in [-0.39, 0.29) is 18.4 Å². The Morgan fingerprint density at radius 3 is 2.67 bits per heavy atom. The summed E-state index contributed by atoms with van der Waals surface area (Å²) in [6.45, 7) is 5.72. The second kappa shape index (κ2) is 6.04. The Bertz CT molecular complexity index is 447. The number of nitrogens with one attached hydrogen (secondary N) is 1. The van der Waals surface area contributed by atoms with E-state index in [4.69, 9.17) is 11.6 Å². The molecular weight excluding hydrogens is 318 g/mol. The van der Waals surface area contributed by atoms with Crippen molar-refractivity contribution in [2.45, 2.75) is 26.4 Å². The third-order valence-electron chi connectivity index (χ3n) is 3.03. The molecule has 1 aromatic carbocycles. The molecule has 0 bridgehead atoms. The SMILES string of the molecule is CC(C)C(C)(O)CNC(=O)c1ccc(Cl)cc1Br. The van der Waals surface area contributed by atoms with Gasteiger partial charge in [-0.3, -0.25) is 4.79 Å². The van der Waals surface area contributed by atoms with Gasteiger partial charge in [0.2, 0.25) is 0 Å². The van der Waals surface area contributed by atoms with Crippen molar-refractivity contribution >= 4 is 33.4 Å². The molecule has 0 radical (unpaired) electrons. The molecule has 0 aromatic heterocycles. The van der Waals surface area contributed by atoms with E-state index in [0.717, 1.165) is 0 Å². The number of halogens is 2. The fourth-order valence-corrected chi connectivity index (χ4v) is 2.09. The second-order valence-electron chi connectivity index (χ2n) is 4.82. The Kier molecular flexibility index (Phi) is 5.20. The summed E-state index contributed by atoms with van der Waals surface area (Å²) in [5.74, 6) is -0.175. The molecule has 0 heterocycles. The number of aliphatic hydroxyl groups is 1. The number of hydrogen-bond donors (Lipinski definition) is 2. The topological polar surface area (TPSA) is 49.3 Å². The number of amides is 1. The fraction of sp³-hybridized carbons (Fsp3) is 0.462. The van der Waals surface area contributed by atoms with Crippen LogP contribution in [0, 0.1) is 5.92 Å². The van der Waals surface area contributed by atoms with Gasteiger partial charge in [0.25, 0.3) is 5.91 Å². The van der Waals surface area contributed by atoms with E-state index in [1.54, 1.807) is 25.1 Å². The number of benzene rings is 1. The van der Waals surface area contributed by atoms with Crippen molar-refractivity contribution in [3.8, 4) is 0 Å². The summed E-state index contributed by atoms with van der Waals surface area (Å²) in [4.78, 5) is 12.0. The average molecular weight is 335 g/mol. The lowest BCUT2D eigenvalue weighted by molar-refractivity contribution is 0.0142. The Labute approximate surface area is 121 Å². The zero-order chi connectivity index (χ0) is 13.9. The van der Waals surface area contributed by atoms with E-state index in [1.807, 2.05) is 13.8 Å². The van der Waals surface area contributed by atoms with Crippen molar-refractivity contribution < 1.29 is 9.90 Å². The highest BCUT2D eigenvalue weighted by Gasteiger charge is 2.25. The highest BCUT2D eigenvalue weighted by atomic mass is 79.9. The largest absolute Gasteiger partial charge is 0.388 e. The summed E-state index contributed by atoms with van der Waals surface area (Å²) < 4.78 is 0.636. The summed E-state index contributed by atoms with van der Waals surface area (Å²) in [7, 11) is 0. The van der Waals surface area contributed by atoms with Crippen molar-refractivity contribution in [3.63, 3.8) is 0 Å². The van der Waals surface area contributed by atoms with Crippen molar-refractivity contribution in [1.82, 2.24) is 5.32 Å². The minimum absolute atomic E-state index is 0.0615. The normalized spacial score (nSPS) is 14.4. The predicted octanol–water partition coefficient (Wildman–Crippen LogP) is 3.24. The van der Waals surface area contributed by atoms with Gasteiger partial charge in [-0.1, -0.05) is 25.4 Å². The lowest BCUT2D eigenvalue weighted by Crippen LogP contribution is -2.44. The van der Waals surface area contributed by atoms with Crippen LogP contribution in [-0.4, -0.2) is 23.2 Å². The first-order chi connectivity index (χ1) is 8.24. The molecule has 5 heteroatoms.